The highest BCUT2D eigenvalue weighted by atomic mass is 16.5. The summed E-state index contributed by atoms with van der Waals surface area (Å²) in [5.41, 5.74) is 2.29. The molecule has 0 aliphatic heterocycles. The number of amides is 1. The van der Waals surface area contributed by atoms with Crippen LogP contribution in [0.2, 0.25) is 0 Å². The number of aryl methyl sites for hydroxylation is 1. The Hall–Kier alpha value is -3.41. The van der Waals surface area contributed by atoms with Gasteiger partial charge in [-0.3, -0.25) is 9.59 Å². The third-order valence-corrected chi connectivity index (χ3v) is 4.46. The first-order chi connectivity index (χ1) is 13.6. The average molecular weight is 377 g/mol. The van der Waals surface area contributed by atoms with Crippen molar-refractivity contribution in [1.29, 1.82) is 0 Å². The van der Waals surface area contributed by atoms with Gasteiger partial charge in [-0.15, -0.1) is 0 Å². The van der Waals surface area contributed by atoms with E-state index >= 15 is 0 Å². The quantitative estimate of drug-likeness (QED) is 0.686. The summed E-state index contributed by atoms with van der Waals surface area (Å²) in [7, 11) is 1.60. The number of ether oxygens (including phenoxy) is 1. The van der Waals surface area contributed by atoms with Crippen molar-refractivity contribution in [2.24, 2.45) is 0 Å². The number of nitrogens with one attached hydrogen (secondary N) is 1. The third-order valence-electron chi connectivity index (χ3n) is 4.46. The van der Waals surface area contributed by atoms with Crippen molar-refractivity contribution >= 4 is 5.91 Å². The Morgan fingerprint density at radius 1 is 1.11 bits per heavy atom. The first-order valence-corrected chi connectivity index (χ1v) is 9.14. The van der Waals surface area contributed by atoms with Crippen molar-refractivity contribution in [3.63, 3.8) is 0 Å². The summed E-state index contributed by atoms with van der Waals surface area (Å²) >= 11 is 0. The first-order valence-electron chi connectivity index (χ1n) is 9.14. The Morgan fingerprint density at radius 3 is 2.64 bits per heavy atom. The molecule has 3 aromatic rings. The fourth-order valence-corrected chi connectivity index (χ4v) is 2.89. The van der Waals surface area contributed by atoms with Crippen LogP contribution in [-0.2, 0) is 11.3 Å². The molecule has 28 heavy (non-hydrogen) atoms. The molecule has 0 saturated heterocycles. The van der Waals surface area contributed by atoms with Gasteiger partial charge in [0.05, 0.1) is 25.4 Å². The predicted molar refractivity (Wildman–Crippen MR) is 108 cm³/mol. The van der Waals surface area contributed by atoms with Gasteiger partial charge in [-0.25, -0.2) is 4.68 Å². The van der Waals surface area contributed by atoms with Gasteiger partial charge in [0.15, 0.2) is 0 Å². The number of aromatic nitrogens is 2. The number of hydrogen-bond acceptors (Lipinski definition) is 4. The van der Waals surface area contributed by atoms with Crippen LogP contribution in [0.25, 0.3) is 11.3 Å². The number of rotatable bonds is 7. The standard InChI is InChI=1S/C22H23N3O3/c1-16(17-7-4-3-5-8-17)23-21(26)13-14-25-22(27)12-11-20(24-25)18-9-6-10-19(15-18)28-2/h3-12,15-16H,13-14H2,1-2H3,(H,23,26)/t16-/m1/s1. The molecule has 1 N–H and O–H groups in total. The topological polar surface area (TPSA) is 73.2 Å². The molecule has 0 saturated carbocycles. The SMILES string of the molecule is COc1cccc(-c2ccc(=O)n(CCC(=O)N[C@H](C)c3ccccc3)n2)c1. The second kappa shape index (κ2) is 8.99. The van der Waals surface area contributed by atoms with Gasteiger partial charge >= 0.3 is 0 Å². The predicted octanol–water partition coefficient (Wildman–Crippen LogP) is 3.19. The Bertz CT molecular complexity index is 999. The van der Waals surface area contributed by atoms with E-state index < -0.39 is 0 Å². The molecular formula is C22H23N3O3. The summed E-state index contributed by atoms with van der Waals surface area (Å²) in [5.74, 6) is 0.586. The van der Waals surface area contributed by atoms with Gasteiger partial charge in [0.2, 0.25) is 5.91 Å². The van der Waals surface area contributed by atoms with Crippen LogP contribution in [0.3, 0.4) is 0 Å². The monoisotopic (exact) mass is 377 g/mol. The van der Waals surface area contributed by atoms with Crippen LogP contribution in [0.15, 0.2) is 71.5 Å². The van der Waals surface area contributed by atoms with Crippen LogP contribution < -0.4 is 15.6 Å². The molecule has 2 aromatic carbocycles. The fourth-order valence-electron chi connectivity index (χ4n) is 2.89. The van der Waals surface area contributed by atoms with Gasteiger partial charge < -0.3 is 10.1 Å². The number of carbonyl (C=O) groups is 1. The second-order valence-corrected chi connectivity index (χ2v) is 6.46. The molecule has 1 atom stereocenters. The highest BCUT2D eigenvalue weighted by Crippen LogP contribution is 2.21. The van der Waals surface area contributed by atoms with E-state index in [1.807, 2.05) is 61.5 Å². The van der Waals surface area contributed by atoms with Crippen molar-refractivity contribution in [2.75, 3.05) is 7.11 Å². The van der Waals surface area contributed by atoms with Crippen LogP contribution in [0.1, 0.15) is 24.9 Å². The number of carbonyl (C=O) groups excluding carboxylic acids is 1. The summed E-state index contributed by atoms with van der Waals surface area (Å²) in [6, 6.07) is 20.2. The molecule has 1 heterocycles. The maximum atomic E-state index is 12.3. The highest BCUT2D eigenvalue weighted by molar-refractivity contribution is 5.76. The summed E-state index contributed by atoms with van der Waals surface area (Å²) in [6.07, 6.45) is 0.172. The number of methoxy groups -OCH3 is 1. The number of benzene rings is 2. The average Bonchev–Trinajstić information content (AvgIpc) is 2.73. The summed E-state index contributed by atoms with van der Waals surface area (Å²) in [4.78, 5) is 24.4. The Balaban J connectivity index is 1.67. The minimum absolute atomic E-state index is 0.0958. The van der Waals surface area contributed by atoms with Crippen molar-refractivity contribution in [3.05, 3.63) is 82.6 Å². The zero-order chi connectivity index (χ0) is 19.9. The van der Waals surface area contributed by atoms with E-state index in [0.29, 0.717) is 11.4 Å². The molecule has 6 nitrogen and oxygen atoms in total. The fraction of sp³-hybridized carbons (Fsp3) is 0.227. The maximum absolute atomic E-state index is 12.3. The summed E-state index contributed by atoms with van der Waals surface area (Å²) in [6.45, 7) is 2.14. The lowest BCUT2D eigenvalue weighted by Gasteiger charge is -2.14. The lowest BCUT2D eigenvalue weighted by molar-refractivity contribution is -0.122. The van der Waals surface area contributed by atoms with E-state index in [9.17, 15) is 9.59 Å². The molecule has 0 aliphatic carbocycles. The van der Waals surface area contributed by atoms with Crippen molar-refractivity contribution in [2.45, 2.75) is 25.9 Å². The van der Waals surface area contributed by atoms with Crippen molar-refractivity contribution in [3.8, 4) is 17.0 Å². The van der Waals surface area contributed by atoms with Gasteiger partial charge in [-0.05, 0) is 30.7 Å². The van der Waals surface area contributed by atoms with Crippen LogP contribution in [0.4, 0.5) is 0 Å². The number of hydrogen-bond donors (Lipinski definition) is 1. The molecule has 3 rings (SSSR count). The summed E-state index contributed by atoms with van der Waals surface area (Å²) < 4.78 is 6.55. The van der Waals surface area contributed by atoms with Crippen LogP contribution in [0.5, 0.6) is 5.75 Å². The normalized spacial score (nSPS) is 11.6. The minimum atomic E-state index is -0.240. The molecule has 0 unspecified atom stereocenters. The van der Waals surface area contributed by atoms with E-state index in [-0.39, 0.29) is 30.5 Å². The molecular weight excluding hydrogens is 354 g/mol. The lowest BCUT2D eigenvalue weighted by Crippen LogP contribution is -2.30. The number of nitrogens with zero attached hydrogens (tertiary/aromatic N) is 2. The van der Waals surface area contributed by atoms with E-state index in [4.69, 9.17) is 4.74 Å². The molecule has 0 spiro atoms. The third kappa shape index (κ3) is 4.85. The lowest BCUT2D eigenvalue weighted by atomic mass is 10.1. The van der Waals surface area contributed by atoms with Crippen molar-refractivity contribution in [1.82, 2.24) is 15.1 Å². The van der Waals surface area contributed by atoms with Crippen LogP contribution >= 0.6 is 0 Å². The van der Waals surface area contributed by atoms with Gasteiger partial charge in [-0.2, -0.15) is 5.10 Å². The van der Waals surface area contributed by atoms with Gasteiger partial charge in [0.1, 0.15) is 5.75 Å². The van der Waals surface area contributed by atoms with Gasteiger partial charge in [-0.1, -0.05) is 42.5 Å². The van der Waals surface area contributed by atoms with E-state index in [1.54, 1.807) is 13.2 Å². The Morgan fingerprint density at radius 2 is 1.89 bits per heavy atom. The smallest absolute Gasteiger partial charge is 0.266 e. The van der Waals surface area contributed by atoms with Gasteiger partial charge in [0, 0.05) is 18.1 Å². The largest absolute Gasteiger partial charge is 0.497 e. The molecule has 1 amide bonds. The molecule has 1 aromatic heterocycles. The molecule has 0 fully saturated rings. The highest BCUT2D eigenvalue weighted by Gasteiger charge is 2.11. The molecule has 0 bridgehead atoms. The van der Waals surface area contributed by atoms with Crippen LogP contribution in [-0.4, -0.2) is 22.8 Å². The van der Waals surface area contributed by atoms with Crippen molar-refractivity contribution < 1.29 is 9.53 Å². The zero-order valence-corrected chi connectivity index (χ0v) is 16.0. The van der Waals surface area contributed by atoms with E-state index in [2.05, 4.69) is 10.4 Å². The maximum Gasteiger partial charge on any atom is 0.266 e. The Kier molecular flexibility index (Phi) is 6.22. The summed E-state index contributed by atoms with van der Waals surface area (Å²) in [5, 5.41) is 7.34. The molecule has 144 valence electrons. The van der Waals surface area contributed by atoms with Gasteiger partial charge in [0.25, 0.3) is 5.56 Å². The molecule has 0 radical (unpaired) electrons. The van der Waals surface area contributed by atoms with E-state index in [0.717, 1.165) is 11.1 Å². The minimum Gasteiger partial charge on any atom is -0.497 e. The van der Waals surface area contributed by atoms with E-state index in [1.165, 1.54) is 10.7 Å². The molecule has 6 heteroatoms. The zero-order valence-electron chi connectivity index (χ0n) is 16.0. The second-order valence-electron chi connectivity index (χ2n) is 6.46. The Labute approximate surface area is 163 Å². The molecule has 0 aliphatic rings. The van der Waals surface area contributed by atoms with Crippen LogP contribution in [0, 0.1) is 0 Å². The first kappa shape index (κ1) is 19.4.